The molecule has 0 aliphatic carbocycles. The molecule has 1 aromatic carbocycles. The number of nitrogens with zero attached hydrogens (tertiary/aromatic N) is 1. The lowest BCUT2D eigenvalue weighted by Gasteiger charge is -2.36. The molecule has 0 saturated carbocycles. The molecule has 0 unspecified atom stereocenters. The quantitative estimate of drug-likeness (QED) is 0.843. The molecule has 1 amide bonds. The molecule has 2 aliphatic heterocycles. The molecular formula is C18H25NO3. The maximum atomic E-state index is 12.9. The van der Waals surface area contributed by atoms with Crippen LogP contribution >= 0.6 is 0 Å². The van der Waals surface area contributed by atoms with Gasteiger partial charge in [0.1, 0.15) is 13.2 Å². The highest BCUT2D eigenvalue weighted by atomic mass is 16.6. The number of hydrogen-bond acceptors (Lipinski definition) is 3. The summed E-state index contributed by atoms with van der Waals surface area (Å²) in [5.41, 5.74) is 0.441. The van der Waals surface area contributed by atoms with Gasteiger partial charge in [-0.15, -0.1) is 0 Å². The van der Waals surface area contributed by atoms with Gasteiger partial charge in [0.15, 0.2) is 11.5 Å². The Morgan fingerprint density at radius 3 is 2.45 bits per heavy atom. The third-order valence-corrected chi connectivity index (χ3v) is 4.87. The molecule has 0 bridgehead atoms. The first-order valence-electron chi connectivity index (χ1n) is 8.18. The van der Waals surface area contributed by atoms with E-state index in [1.54, 1.807) is 0 Å². The molecule has 2 aliphatic rings. The number of carbonyl (C=O) groups excluding carboxylic acids is 1. The van der Waals surface area contributed by atoms with Gasteiger partial charge in [0.25, 0.3) is 0 Å². The summed E-state index contributed by atoms with van der Waals surface area (Å²) in [6, 6.07) is 5.86. The Bertz CT molecular complexity index is 559. The summed E-state index contributed by atoms with van der Waals surface area (Å²) in [6.07, 6.45) is 2.20. The van der Waals surface area contributed by atoms with Crippen molar-refractivity contribution in [2.45, 2.75) is 39.0 Å². The van der Waals surface area contributed by atoms with Crippen LogP contribution in [0.2, 0.25) is 0 Å². The van der Waals surface area contributed by atoms with E-state index in [0.717, 1.165) is 48.9 Å². The van der Waals surface area contributed by atoms with Gasteiger partial charge in [-0.05, 0) is 50.3 Å². The molecule has 22 heavy (non-hydrogen) atoms. The Morgan fingerprint density at radius 1 is 1.14 bits per heavy atom. The summed E-state index contributed by atoms with van der Waals surface area (Å²) in [7, 11) is 0. The lowest BCUT2D eigenvalue weighted by Crippen LogP contribution is -2.46. The van der Waals surface area contributed by atoms with E-state index in [0.29, 0.717) is 13.2 Å². The van der Waals surface area contributed by atoms with Crippen LogP contribution in [-0.4, -0.2) is 37.1 Å². The van der Waals surface area contributed by atoms with E-state index in [1.165, 1.54) is 0 Å². The van der Waals surface area contributed by atoms with Gasteiger partial charge < -0.3 is 14.4 Å². The largest absolute Gasteiger partial charge is 0.486 e. The number of ether oxygens (including phenoxy) is 2. The van der Waals surface area contributed by atoms with Crippen molar-refractivity contribution in [1.82, 2.24) is 4.90 Å². The Hall–Kier alpha value is -1.71. The summed E-state index contributed by atoms with van der Waals surface area (Å²) in [5, 5.41) is 0. The number of fused-ring (bicyclic) bond motifs is 1. The third kappa shape index (κ3) is 2.79. The van der Waals surface area contributed by atoms with Crippen LogP contribution < -0.4 is 9.47 Å². The van der Waals surface area contributed by atoms with E-state index in [4.69, 9.17) is 9.47 Å². The fourth-order valence-electron chi connectivity index (χ4n) is 3.16. The number of benzene rings is 1. The molecule has 0 spiro atoms. The summed E-state index contributed by atoms with van der Waals surface area (Å²) in [6.45, 7) is 9.14. The first-order valence-corrected chi connectivity index (χ1v) is 8.18. The highest BCUT2D eigenvalue weighted by Gasteiger charge is 2.35. The second kappa shape index (κ2) is 5.82. The smallest absolute Gasteiger partial charge is 0.232 e. The van der Waals surface area contributed by atoms with Crippen LogP contribution in [0, 0.1) is 5.92 Å². The highest BCUT2D eigenvalue weighted by Crippen LogP contribution is 2.36. The molecule has 3 rings (SSSR count). The molecule has 1 fully saturated rings. The van der Waals surface area contributed by atoms with Crippen molar-refractivity contribution in [3.8, 4) is 11.5 Å². The summed E-state index contributed by atoms with van der Waals surface area (Å²) in [5.74, 6) is 2.44. The van der Waals surface area contributed by atoms with Crippen molar-refractivity contribution in [1.29, 1.82) is 0 Å². The summed E-state index contributed by atoms with van der Waals surface area (Å²) < 4.78 is 11.2. The van der Waals surface area contributed by atoms with Crippen molar-refractivity contribution in [2.24, 2.45) is 5.92 Å². The van der Waals surface area contributed by atoms with E-state index in [1.807, 2.05) is 36.9 Å². The predicted octanol–water partition coefficient (Wildman–Crippen LogP) is 2.99. The monoisotopic (exact) mass is 303 g/mol. The predicted molar refractivity (Wildman–Crippen MR) is 85.4 cm³/mol. The van der Waals surface area contributed by atoms with Crippen LogP contribution in [0.25, 0.3) is 0 Å². The first kappa shape index (κ1) is 15.2. The second-order valence-corrected chi connectivity index (χ2v) is 6.96. The summed E-state index contributed by atoms with van der Waals surface area (Å²) in [4.78, 5) is 15.0. The molecule has 2 heterocycles. The van der Waals surface area contributed by atoms with Crippen LogP contribution in [0.5, 0.6) is 11.5 Å². The van der Waals surface area contributed by atoms with Gasteiger partial charge >= 0.3 is 0 Å². The topological polar surface area (TPSA) is 38.8 Å². The SMILES string of the molecule is CC1CCN(C(=O)C(C)(C)c2ccc3c(c2)OCCO3)CC1. The minimum Gasteiger partial charge on any atom is -0.486 e. The molecule has 1 saturated heterocycles. The van der Waals surface area contributed by atoms with Gasteiger partial charge in [-0.25, -0.2) is 0 Å². The lowest BCUT2D eigenvalue weighted by molar-refractivity contribution is -0.137. The zero-order valence-corrected chi connectivity index (χ0v) is 13.7. The van der Waals surface area contributed by atoms with Crippen molar-refractivity contribution in [3.05, 3.63) is 23.8 Å². The Balaban J connectivity index is 1.81. The minimum absolute atomic E-state index is 0.205. The average molecular weight is 303 g/mol. The van der Waals surface area contributed by atoms with Gasteiger partial charge in [-0.3, -0.25) is 4.79 Å². The zero-order valence-electron chi connectivity index (χ0n) is 13.7. The van der Waals surface area contributed by atoms with Crippen LogP contribution in [0.15, 0.2) is 18.2 Å². The van der Waals surface area contributed by atoms with Gasteiger partial charge in [0.05, 0.1) is 5.41 Å². The second-order valence-electron chi connectivity index (χ2n) is 6.96. The molecule has 0 aromatic heterocycles. The number of hydrogen-bond donors (Lipinski definition) is 0. The Kier molecular flexibility index (Phi) is 4.02. The molecule has 120 valence electrons. The van der Waals surface area contributed by atoms with Crippen LogP contribution in [0.4, 0.5) is 0 Å². The standard InChI is InChI=1S/C18H25NO3/c1-13-6-8-19(9-7-13)17(20)18(2,3)14-4-5-15-16(12-14)22-11-10-21-15/h4-5,12-13H,6-11H2,1-3H3. The number of rotatable bonds is 2. The van der Waals surface area contributed by atoms with Crippen LogP contribution in [0.3, 0.4) is 0 Å². The third-order valence-electron chi connectivity index (χ3n) is 4.87. The molecule has 1 aromatic rings. The van der Waals surface area contributed by atoms with E-state index in [2.05, 4.69) is 6.92 Å². The maximum absolute atomic E-state index is 12.9. The van der Waals surface area contributed by atoms with Crippen LogP contribution in [-0.2, 0) is 10.2 Å². The number of likely N-dealkylation sites (tertiary alicyclic amines) is 1. The fourth-order valence-corrected chi connectivity index (χ4v) is 3.16. The Labute approximate surface area is 132 Å². The van der Waals surface area contributed by atoms with Gasteiger partial charge in [-0.2, -0.15) is 0 Å². The zero-order chi connectivity index (χ0) is 15.7. The van der Waals surface area contributed by atoms with Crippen LogP contribution in [0.1, 0.15) is 39.2 Å². The fraction of sp³-hybridized carbons (Fsp3) is 0.611. The van der Waals surface area contributed by atoms with Gasteiger partial charge in [0, 0.05) is 13.1 Å². The van der Waals surface area contributed by atoms with Gasteiger partial charge in [-0.1, -0.05) is 13.0 Å². The number of carbonyl (C=O) groups is 1. The van der Waals surface area contributed by atoms with Crippen molar-refractivity contribution in [3.63, 3.8) is 0 Å². The van der Waals surface area contributed by atoms with Crippen molar-refractivity contribution >= 4 is 5.91 Å². The van der Waals surface area contributed by atoms with E-state index in [9.17, 15) is 4.79 Å². The lowest BCUT2D eigenvalue weighted by atomic mass is 9.82. The first-order chi connectivity index (χ1) is 10.5. The normalized spacial score (nSPS) is 19.1. The number of piperidine rings is 1. The van der Waals surface area contributed by atoms with Crippen molar-refractivity contribution < 1.29 is 14.3 Å². The molecule has 4 heteroatoms. The van der Waals surface area contributed by atoms with E-state index in [-0.39, 0.29) is 5.91 Å². The summed E-state index contributed by atoms with van der Waals surface area (Å²) >= 11 is 0. The number of amides is 1. The molecule has 4 nitrogen and oxygen atoms in total. The molecule has 0 N–H and O–H groups in total. The van der Waals surface area contributed by atoms with Gasteiger partial charge in [0.2, 0.25) is 5.91 Å². The van der Waals surface area contributed by atoms with Crippen molar-refractivity contribution in [2.75, 3.05) is 26.3 Å². The average Bonchev–Trinajstić information content (AvgIpc) is 2.54. The highest BCUT2D eigenvalue weighted by molar-refractivity contribution is 5.87. The minimum atomic E-state index is -0.545. The molecule has 0 atom stereocenters. The van der Waals surface area contributed by atoms with E-state index < -0.39 is 5.41 Å². The molecule has 0 radical (unpaired) electrons. The Morgan fingerprint density at radius 2 is 1.77 bits per heavy atom. The maximum Gasteiger partial charge on any atom is 0.232 e. The molecular weight excluding hydrogens is 278 g/mol. The van der Waals surface area contributed by atoms with E-state index >= 15 is 0 Å².